The first-order valence-corrected chi connectivity index (χ1v) is 26.5. The number of nitrogens with one attached hydrogen (secondary N) is 4. The maximum absolute atomic E-state index is 14.6. The molecule has 0 aliphatic carbocycles. The van der Waals surface area contributed by atoms with Crippen molar-refractivity contribution < 1.29 is 47.8 Å². The molecule has 1 saturated heterocycles. The molecule has 8 amide bonds. The van der Waals surface area contributed by atoms with Gasteiger partial charge in [0.25, 0.3) is 0 Å². The van der Waals surface area contributed by atoms with E-state index in [-0.39, 0.29) is 72.9 Å². The Kier molecular flexibility index (Phi) is 24.2. The van der Waals surface area contributed by atoms with Crippen molar-refractivity contribution in [2.75, 3.05) is 46.7 Å². The van der Waals surface area contributed by atoms with Gasteiger partial charge in [-0.05, 0) is 73.1 Å². The summed E-state index contributed by atoms with van der Waals surface area (Å²) in [4.78, 5) is 103. The molecule has 0 spiro atoms. The summed E-state index contributed by atoms with van der Waals surface area (Å²) < 4.78 is 17.7. The first kappa shape index (κ1) is 60.4. The third kappa shape index (κ3) is 17.5. The maximum atomic E-state index is 14.6. The van der Waals surface area contributed by atoms with E-state index in [1.54, 1.807) is 68.3 Å². The Bertz CT molecular complexity index is 2270. The van der Waals surface area contributed by atoms with Crippen LogP contribution in [-0.2, 0) is 51.2 Å². The van der Waals surface area contributed by atoms with Crippen LogP contribution >= 0.6 is 11.3 Å². The first-order valence-electron chi connectivity index (χ1n) is 25.7. The number of primary amides is 1. The number of hydrogen-bond donors (Lipinski definition) is 5. The standard InChI is InChI=1S/C54H81N9O10S/c1-33(2)45(60-50(67)47(35(5)6)62(9)54(70)73-32-38-22-24-39(25-23-38)58-43(64)21-15-16-26-57-53(55)69)52(68)61(8)46(34(3)4)42(71-10)31-44(65)63-28-17-20-41(63)48(72-11)36(7)49(66)59-40(51-56-27-29-74-51)30-37-18-13-12-14-19-37/h12-14,18-19,22-25,27,29,33-36,40-42,45-48H,15-17,20-21,26,28,30-32H2,1-11H3,(H,58,64)(H,59,66)(H,60,67)(H3,55,57,69)/t36-,40+,41+,42-,45+,46+,47+,48-/m1/s1. The van der Waals surface area contributed by atoms with Crippen LogP contribution in [0, 0.1) is 23.7 Å². The predicted molar refractivity (Wildman–Crippen MR) is 285 cm³/mol. The molecule has 20 heteroatoms. The Morgan fingerprint density at radius 2 is 1.51 bits per heavy atom. The molecular weight excluding hydrogens is 967 g/mol. The minimum absolute atomic E-state index is 0.0462. The lowest BCUT2D eigenvalue weighted by Crippen LogP contribution is -2.60. The quantitative estimate of drug-likeness (QED) is 0.0507. The summed E-state index contributed by atoms with van der Waals surface area (Å²) >= 11 is 1.48. The third-order valence-electron chi connectivity index (χ3n) is 13.6. The van der Waals surface area contributed by atoms with Gasteiger partial charge in [-0.1, -0.05) is 90.9 Å². The van der Waals surface area contributed by atoms with Crippen molar-refractivity contribution in [1.82, 2.24) is 35.6 Å². The fourth-order valence-electron chi connectivity index (χ4n) is 9.74. The molecule has 0 unspecified atom stereocenters. The largest absolute Gasteiger partial charge is 0.445 e. The van der Waals surface area contributed by atoms with Gasteiger partial charge in [-0.25, -0.2) is 14.6 Å². The van der Waals surface area contributed by atoms with Crippen LogP contribution in [0.15, 0.2) is 66.2 Å². The molecule has 4 rings (SSSR count). The van der Waals surface area contributed by atoms with Crippen LogP contribution in [-0.4, -0.2) is 139 Å². The van der Waals surface area contributed by atoms with E-state index in [0.29, 0.717) is 50.0 Å². The Morgan fingerprint density at radius 1 is 0.824 bits per heavy atom. The van der Waals surface area contributed by atoms with E-state index >= 15 is 0 Å². The van der Waals surface area contributed by atoms with Crippen LogP contribution in [0.3, 0.4) is 0 Å². The highest BCUT2D eigenvalue weighted by Crippen LogP contribution is 2.30. The lowest BCUT2D eigenvalue weighted by molar-refractivity contribution is -0.147. The molecule has 2 aromatic carbocycles. The summed E-state index contributed by atoms with van der Waals surface area (Å²) in [5.41, 5.74) is 7.35. The topological polar surface area (TPSA) is 244 Å². The van der Waals surface area contributed by atoms with Crippen LogP contribution in [0.2, 0.25) is 0 Å². The first-order chi connectivity index (χ1) is 35.2. The van der Waals surface area contributed by atoms with Crippen LogP contribution in [0.5, 0.6) is 0 Å². The number of nitrogens with zero attached hydrogens (tertiary/aromatic N) is 4. The van der Waals surface area contributed by atoms with Crippen molar-refractivity contribution in [3.8, 4) is 0 Å². The second-order valence-corrected chi connectivity index (χ2v) is 21.1. The van der Waals surface area contributed by atoms with Gasteiger partial charge in [0.05, 0.1) is 42.7 Å². The number of carbonyl (C=O) groups excluding carboxylic acids is 7. The van der Waals surface area contributed by atoms with E-state index in [0.717, 1.165) is 17.0 Å². The van der Waals surface area contributed by atoms with Gasteiger partial charge in [-0.2, -0.15) is 0 Å². The molecule has 1 fully saturated rings. The molecule has 2 heterocycles. The van der Waals surface area contributed by atoms with Crippen molar-refractivity contribution in [3.05, 3.63) is 82.3 Å². The van der Waals surface area contributed by atoms with Gasteiger partial charge in [-0.3, -0.25) is 28.9 Å². The summed E-state index contributed by atoms with van der Waals surface area (Å²) in [6.45, 7) is 13.7. The highest BCUT2D eigenvalue weighted by molar-refractivity contribution is 7.09. The van der Waals surface area contributed by atoms with Crippen molar-refractivity contribution in [2.45, 2.75) is 142 Å². The zero-order valence-electron chi connectivity index (χ0n) is 45.1. The number of nitrogens with two attached hydrogens (primary N) is 1. The minimum atomic E-state index is -0.997. The Balaban J connectivity index is 1.38. The molecule has 74 heavy (non-hydrogen) atoms. The number of unbranched alkanes of at least 4 members (excludes halogenated alkanes) is 1. The van der Waals surface area contributed by atoms with Crippen LogP contribution in [0.4, 0.5) is 15.3 Å². The second kappa shape index (κ2) is 29.7. The summed E-state index contributed by atoms with van der Waals surface area (Å²) in [5.74, 6) is -3.00. The highest BCUT2D eigenvalue weighted by Gasteiger charge is 2.43. The van der Waals surface area contributed by atoms with Crippen LogP contribution < -0.4 is 27.0 Å². The number of methoxy groups -OCH3 is 2. The van der Waals surface area contributed by atoms with E-state index in [9.17, 15) is 33.6 Å². The molecular formula is C54H81N9O10S. The minimum Gasteiger partial charge on any atom is -0.445 e. The van der Waals surface area contributed by atoms with Crippen molar-refractivity contribution in [2.24, 2.45) is 29.4 Å². The molecule has 0 saturated carbocycles. The highest BCUT2D eigenvalue weighted by atomic mass is 32.1. The fourth-order valence-corrected chi connectivity index (χ4v) is 10.4. The number of ether oxygens (including phenoxy) is 3. The second-order valence-electron chi connectivity index (χ2n) is 20.1. The molecule has 1 aliphatic heterocycles. The van der Waals surface area contributed by atoms with Gasteiger partial charge >= 0.3 is 12.1 Å². The number of aromatic nitrogens is 1. The van der Waals surface area contributed by atoms with E-state index in [1.807, 2.05) is 70.3 Å². The van der Waals surface area contributed by atoms with Gasteiger partial charge in [-0.15, -0.1) is 11.3 Å². The molecule has 8 atom stereocenters. The Hall–Kier alpha value is -6.12. The fraction of sp³-hybridized carbons (Fsp3) is 0.593. The normalized spacial score (nSPS) is 16.4. The number of anilines is 1. The number of carbonyl (C=O) groups is 7. The smallest absolute Gasteiger partial charge is 0.410 e. The number of likely N-dealkylation sites (N-methyl/N-ethyl adjacent to an activating group) is 2. The Labute approximate surface area is 441 Å². The molecule has 1 aliphatic rings. The number of likely N-dealkylation sites (tertiary alicyclic amines) is 1. The van der Waals surface area contributed by atoms with Crippen LogP contribution in [0.1, 0.15) is 109 Å². The van der Waals surface area contributed by atoms with Gasteiger partial charge < -0.3 is 51.0 Å². The molecule has 6 N–H and O–H groups in total. The van der Waals surface area contributed by atoms with Gasteiger partial charge in [0.2, 0.25) is 29.5 Å². The van der Waals surface area contributed by atoms with Crippen molar-refractivity contribution in [3.63, 3.8) is 0 Å². The number of hydrogen-bond acceptors (Lipinski definition) is 12. The van der Waals surface area contributed by atoms with E-state index in [1.165, 1.54) is 30.4 Å². The summed E-state index contributed by atoms with van der Waals surface area (Å²) in [7, 11) is 6.21. The summed E-state index contributed by atoms with van der Waals surface area (Å²) in [5, 5.41) is 14.1. The molecule has 408 valence electrons. The van der Waals surface area contributed by atoms with E-state index in [4.69, 9.17) is 19.9 Å². The van der Waals surface area contributed by atoms with E-state index < -0.39 is 54.3 Å². The lowest BCUT2D eigenvalue weighted by Gasteiger charge is -2.40. The molecule has 3 aromatic rings. The summed E-state index contributed by atoms with van der Waals surface area (Å²) in [6.07, 6.45) is 2.98. The average molecular weight is 1050 g/mol. The van der Waals surface area contributed by atoms with Gasteiger partial charge in [0, 0.05) is 65.1 Å². The SMILES string of the molecule is CO[C@H]([C@@H](C)C(=O)N[C@@H](Cc1ccccc1)c1nccs1)[C@@H]1CCCN1C(=O)C[C@@H](OC)[C@H](C(C)C)N(C)C(=O)[C@@H](NC(=O)[C@H](C(C)C)N(C)C(=O)OCc1ccc(NC(=O)CCCCNC(N)=O)cc1)C(C)C. The Morgan fingerprint density at radius 3 is 2.09 bits per heavy atom. The zero-order chi connectivity index (χ0) is 54.6. The number of amides is 8. The predicted octanol–water partition coefficient (Wildman–Crippen LogP) is 6.28. The number of rotatable bonds is 28. The molecule has 0 radical (unpaired) electrons. The molecule has 1 aromatic heterocycles. The van der Waals surface area contributed by atoms with E-state index in [2.05, 4.69) is 26.3 Å². The maximum Gasteiger partial charge on any atom is 0.410 e. The molecule has 19 nitrogen and oxygen atoms in total. The lowest BCUT2D eigenvalue weighted by atomic mass is 9.91. The average Bonchev–Trinajstić information content (AvgIpc) is 4.09. The third-order valence-corrected chi connectivity index (χ3v) is 14.5. The number of urea groups is 1. The molecule has 0 bridgehead atoms. The van der Waals surface area contributed by atoms with Gasteiger partial charge in [0.1, 0.15) is 23.7 Å². The monoisotopic (exact) mass is 1050 g/mol. The van der Waals surface area contributed by atoms with Crippen molar-refractivity contribution in [1.29, 1.82) is 0 Å². The van der Waals surface area contributed by atoms with Crippen molar-refractivity contribution >= 4 is 58.7 Å². The van der Waals surface area contributed by atoms with Gasteiger partial charge in [0.15, 0.2) is 0 Å². The zero-order valence-corrected chi connectivity index (χ0v) is 45.9. The number of thiazole rings is 1. The van der Waals surface area contributed by atoms with Crippen LogP contribution in [0.25, 0.3) is 0 Å². The number of benzene rings is 2. The summed E-state index contributed by atoms with van der Waals surface area (Å²) in [6, 6.07) is 12.8.